The van der Waals surface area contributed by atoms with E-state index in [0.29, 0.717) is 0 Å². The molecule has 1 fully saturated rings. The molecule has 0 amide bonds. The quantitative estimate of drug-likeness (QED) is 0.558. The molecule has 0 radical (unpaired) electrons. The third-order valence-electron chi connectivity index (χ3n) is 1.94. The molecule has 8 heavy (non-hydrogen) atoms. The van der Waals surface area contributed by atoms with Crippen molar-refractivity contribution >= 4 is 27.4 Å². The predicted octanol–water partition coefficient (Wildman–Crippen LogP) is 2.49. The lowest BCUT2D eigenvalue weighted by Crippen LogP contribution is -2.02. The van der Waals surface area contributed by atoms with Crippen LogP contribution in [0.4, 0.5) is 0 Å². The summed E-state index contributed by atoms with van der Waals surface area (Å²) in [5, 5.41) is 0. The van der Waals surface area contributed by atoms with E-state index in [1.807, 2.05) is 0 Å². The molecule has 0 aromatic rings. The van der Waals surface area contributed by atoms with E-state index in [9.17, 15) is 0 Å². The molecule has 1 aliphatic carbocycles. The Morgan fingerprint density at radius 3 is 2.12 bits per heavy atom. The second kappa shape index (κ2) is 3.93. The van der Waals surface area contributed by atoms with Crippen molar-refractivity contribution in [2.24, 2.45) is 0 Å². The highest BCUT2D eigenvalue weighted by atomic mass is 79.9. The first-order valence-corrected chi connectivity index (χ1v) is 8.21. The fourth-order valence-electron chi connectivity index (χ4n) is 1.34. The van der Waals surface area contributed by atoms with Crippen LogP contribution in [0.5, 0.6) is 0 Å². The third kappa shape index (κ3) is 2.09. The molecule has 0 unspecified atom stereocenters. The molecule has 0 spiro atoms. The van der Waals surface area contributed by atoms with Gasteiger partial charge in [0.05, 0.1) is 0 Å². The number of rotatable bonds is 1. The molecule has 46 valence electrons. The first-order chi connectivity index (χ1) is 3.93. The van der Waals surface area contributed by atoms with E-state index in [-0.39, 0.29) is 13.4 Å². The highest BCUT2D eigenvalue weighted by Crippen LogP contribution is 2.28. The lowest BCUT2D eigenvalue weighted by atomic mass is 10.0. The van der Waals surface area contributed by atoms with Gasteiger partial charge in [-0.15, -0.1) is 0 Å². The van der Waals surface area contributed by atoms with Crippen LogP contribution in [0.3, 0.4) is 0 Å². The van der Waals surface area contributed by atoms with Gasteiger partial charge in [0.15, 0.2) is 0 Å². The summed E-state index contributed by atoms with van der Waals surface area (Å²) in [7, 11) is 0. The minimum Gasteiger partial charge on any atom is -0.223 e. The Kier molecular flexibility index (Phi) is 3.50. The Bertz CT molecular complexity index is 59.5. The summed E-state index contributed by atoms with van der Waals surface area (Å²) in [5.74, 6) is 0. The molecule has 0 aliphatic heterocycles. The average molecular weight is 191 g/mol. The molecule has 0 aromatic carbocycles. The van der Waals surface area contributed by atoms with Gasteiger partial charge in [0.1, 0.15) is 0 Å². The van der Waals surface area contributed by atoms with Crippen LogP contribution in [0, 0.1) is 0 Å². The zero-order chi connectivity index (χ0) is 5.82. The van der Waals surface area contributed by atoms with Gasteiger partial charge < -0.3 is 0 Å². The van der Waals surface area contributed by atoms with Crippen molar-refractivity contribution in [3.05, 3.63) is 0 Å². The maximum absolute atomic E-state index is 3.65. The van der Waals surface area contributed by atoms with Crippen molar-refractivity contribution in [2.45, 2.75) is 36.9 Å². The van der Waals surface area contributed by atoms with Gasteiger partial charge in [-0.1, -0.05) is 36.9 Å². The van der Waals surface area contributed by atoms with Crippen LogP contribution >= 0.6 is 14.1 Å². The molecule has 0 bridgehead atoms. The summed E-state index contributed by atoms with van der Waals surface area (Å²) in [6, 6.07) is 0. The lowest BCUT2D eigenvalue weighted by Gasteiger charge is -2.17. The molecule has 2 heteroatoms. The highest BCUT2D eigenvalue weighted by Gasteiger charge is 2.12. The molecule has 0 saturated heterocycles. The number of hydrogen-bond acceptors (Lipinski definition) is 0. The predicted molar refractivity (Wildman–Crippen MR) is 42.9 cm³/mol. The zero-order valence-electron chi connectivity index (χ0n) is 5.20. The molecular weight excluding hydrogens is 179 g/mol. The van der Waals surface area contributed by atoms with E-state index in [1.54, 1.807) is 0 Å². The molecular formula is C6H12AlBr. The van der Waals surface area contributed by atoms with Crippen LogP contribution < -0.4 is 0 Å². The normalized spacial score (nSPS) is 23.1. The van der Waals surface area contributed by atoms with E-state index in [1.165, 1.54) is 32.1 Å². The SMILES string of the molecule is [Br][AlH][CH]1CCCCC1. The Labute approximate surface area is 64.4 Å². The molecule has 0 aromatic heterocycles. The molecule has 0 atom stereocenters. The maximum atomic E-state index is 3.65. The van der Waals surface area contributed by atoms with Crippen molar-refractivity contribution < 1.29 is 0 Å². The zero-order valence-corrected chi connectivity index (χ0v) is 8.20. The van der Waals surface area contributed by atoms with Crippen molar-refractivity contribution in [1.82, 2.24) is 0 Å². The largest absolute Gasteiger partial charge is 0.345 e. The van der Waals surface area contributed by atoms with Gasteiger partial charge in [0, 0.05) is 0 Å². The standard InChI is InChI=1S/C6H11.Al.BrH.H/c1-2-4-6-5-3-1;;;/h1H,2-6H2;;1H;/q;+1;;/p-1. The van der Waals surface area contributed by atoms with Crippen LogP contribution in [0.1, 0.15) is 32.1 Å². The van der Waals surface area contributed by atoms with E-state index < -0.39 is 0 Å². The Hall–Kier alpha value is 1.01. The van der Waals surface area contributed by atoms with Gasteiger partial charge in [0.2, 0.25) is 0 Å². The second-order valence-electron chi connectivity index (χ2n) is 2.66. The van der Waals surface area contributed by atoms with Crippen molar-refractivity contribution in [2.75, 3.05) is 0 Å². The summed E-state index contributed by atoms with van der Waals surface area (Å²) >= 11 is 3.83. The highest BCUT2D eigenvalue weighted by molar-refractivity contribution is 9.23. The van der Waals surface area contributed by atoms with Crippen LogP contribution in [0.2, 0.25) is 4.78 Å². The number of halogens is 1. The fourth-order valence-corrected chi connectivity index (χ4v) is 4.17. The fraction of sp³-hybridized carbons (Fsp3) is 1.00. The maximum Gasteiger partial charge on any atom is 0.345 e. The summed E-state index contributed by atoms with van der Waals surface area (Å²) < 4.78 is 1.14. The Morgan fingerprint density at radius 2 is 1.75 bits per heavy atom. The van der Waals surface area contributed by atoms with E-state index in [4.69, 9.17) is 0 Å². The topological polar surface area (TPSA) is 0 Å². The van der Waals surface area contributed by atoms with Crippen molar-refractivity contribution in [3.8, 4) is 0 Å². The van der Waals surface area contributed by atoms with Gasteiger partial charge in [-0.3, -0.25) is 0 Å². The van der Waals surface area contributed by atoms with E-state index in [2.05, 4.69) is 14.1 Å². The van der Waals surface area contributed by atoms with Crippen LogP contribution in [-0.2, 0) is 0 Å². The van der Waals surface area contributed by atoms with Gasteiger partial charge in [-0.25, -0.2) is 14.1 Å². The first-order valence-electron chi connectivity index (χ1n) is 3.49. The minimum atomic E-state index is 0.181. The molecule has 0 heterocycles. The first kappa shape index (κ1) is 7.12. The molecule has 1 aliphatic rings. The van der Waals surface area contributed by atoms with Crippen LogP contribution in [0.25, 0.3) is 0 Å². The lowest BCUT2D eigenvalue weighted by molar-refractivity contribution is 0.503. The summed E-state index contributed by atoms with van der Waals surface area (Å²) in [6.45, 7) is 0. The minimum absolute atomic E-state index is 0.181. The van der Waals surface area contributed by atoms with E-state index in [0.717, 1.165) is 4.78 Å². The average Bonchev–Trinajstić information content (AvgIpc) is 1.90. The van der Waals surface area contributed by atoms with Gasteiger partial charge in [-0.2, -0.15) is 0 Å². The van der Waals surface area contributed by atoms with Gasteiger partial charge in [0.25, 0.3) is 0 Å². The van der Waals surface area contributed by atoms with Gasteiger partial charge in [-0.05, 0) is 0 Å². The number of hydrogen-bond donors (Lipinski definition) is 0. The van der Waals surface area contributed by atoms with Crippen molar-refractivity contribution in [1.29, 1.82) is 0 Å². The smallest absolute Gasteiger partial charge is 0.223 e. The molecule has 0 nitrogen and oxygen atoms in total. The Balaban J connectivity index is 2.13. The molecule has 0 N–H and O–H groups in total. The Morgan fingerprint density at radius 1 is 1.12 bits per heavy atom. The van der Waals surface area contributed by atoms with Gasteiger partial charge >= 0.3 is 13.4 Å². The summed E-state index contributed by atoms with van der Waals surface area (Å²) in [5.41, 5.74) is 0. The van der Waals surface area contributed by atoms with Crippen molar-refractivity contribution in [3.63, 3.8) is 0 Å². The summed E-state index contributed by atoms with van der Waals surface area (Å²) in [6.07, 6.45) is 7.55. The third-order valence-corrected chi connectivity index (χ3v) is 5.94. The van der Waals surface area contributed by atoms with Crippen LogP contribution in [0.15, 0.2) is 0 Å². The second-order valence-corrected chi connectivity index (χ2v) is 6.06. The van der Waals surface area contributed by atoms with Crippen LogP contribution in [-0.4, -0.2) is 13.4 Å². The molecule has 1 rings (SSSR count). The molecule has 1 saturated carbocycles. The van der Waals surface area contributed by atoms with E-state index >= 15 is 0 Å². The summed E-state index contributed by atoms with van der Waals surface area (Å²) in [4.78, 5) is 0. The monoisotopic (exact) mass is 190 g/mol.